The van der Waals surface area contributed by atoms with E-state index in [4.69, 9.17) is 0 Å². The van der Waals surface area contributed by atoms with Gasteiger partial charge in [0.25, 0.3) is 0 Å². The van der Waals surface area contributed by atoms with E-state index in [0.29, 0.717) is 0 Å². The molecule has 0 aliphatic heterocycles. The van der Waals surface area contributed by atoms with E-state index >= 15 is 0 Å². The van der Waals surface area contributed by atoms with Gasteiger partial charge in [-0.2, -0.15) is 0 Å². The number of hydrogen-bond donors (Lipinski definition) is 0. The first-order chi connectivity index (χ1) is 4.57. The van der Waals surface area contributed by atoms with Crippen molar-refractivity contribution in [1.29, 1.82) is 0 Å². The Morgan fingerprint density at radius 3 is 2.10 bits per heavy atom. The van der Waals surface area contributed by atoms with Gasteiger partial charge in [-0.1, -0.05) is 0 Å². The monoisotopic (exact) mass is 133 g/mol. The average molecular weight is 133 g/mol. The van der Waals surface area contributed by atoms with Gasteiger partial charge >= 0.3 is 63.9 Å². The Labute approximate surface area is 64.7 Å². The summed E-state index contributed by atoms with van der Waals surface area (Å²) in [4.78, 5) is 4.07. The number of rotatable bonds is 2. The molecule has 10 heavy (non-hydrogen) atoms. The van der Waals surface area contributed by atoms with Gasteiger partial charge in [0.05, 0.1) is 0 Å². The molecule has 0 amide bonds. The first-order valence-corrected chi connectivity index (χ1v) is 3.35. The molecular weight excluding hydrogens is 120 g/mol. The van der Waals surface area contributed by atoms with Crippen molar-refractivity contribution in [2.45, 2.75) is 13.8 Å². The van der Waals surface area contributed by atoms with Gasteiger partial charge in [0, 0.05) is 0 Å². The molecule has 0 fully saturated rings. The molecule has 0 N–H and O–H groups in total. The quantitative estimate of drug-likeness (QED) is 0.361. The molecular formula is C7H13B2N. The Balaban J connectivity index is 4.42. The summed E-state index contributed by atoms with van der Waals surface area (Å²) in [6, 6.07) is 0. The van der Waals surface area contributed by atoms with Crippen LogP contribution >= 0.6 is 0 Å². The fourth-order valence-electron chi connectivity index (χ4n) is 0.652. The van der Waals surface area contributed by atoms with Crippen molar-refractivity contribution in [2.24, 2.45) is 4.99 Å². The minimum absolute atomic E-state index is 0.986. The Hall–Kier alpha value is -0.590. The molecule has 1 nitrogen and oxygen atoms in total. The number of hydrogen-bond acceptors (Lipinski definition) is 1. The van der Waals surface area contributed by atoms with Crippen LogP contribution in [0.15, 0.2) is 16.6 Å². The third kappa shape index (κ3) is 3.44. The molecule has 0 atom stereocenters. The zero-order valence-electron chi connectivity index (χ0n) is 7.23. The van der Waals surface area contributed by atoms with Gasteiger partial charge in [0.15, 0.2) is 0 Å². The minimum atomic E-state index is 0.986. The molecule has 0 aromatic rings. The summed E-state index contributed by atoms with van der Waals surface area (Å²) in [6.45, 7) is 4.10. The Kier molecular flexibility index (Phi) is 4.01. The van der Waals surface area contributed by atoms with Crippen molar-refractivity contribution in [2.75, 3.05) is 7.05 Å². The zero-order valence-corrected chi connectivity index (χ0v) is 7.23. The van der Waals surface area contributed by atoms with Crippen LogP contribution in [-0.4, -0.2) is 33.5 Å². The molecule has 0 aliphatic rings. The maximum absolute atomic E-state index is 4.07. The van der Waals surface area contributed by atoms with Crippen LogP contribution in [-0.2, 0) is 0 Å². The second-order valence-electron chi connectivity index (χ2n) is 2.61. The second-order valence-corrected chi connectivity index (χ2v) is 2.61. The molecule has 0 spiro atoms. The summed E-state index contributed by atoms with van der Waals surface area (Å²) in [5.74, 6) is 0. The van der Waals surface area contributed by atoms with Crippen molar-refractivity contribution in [3.05, 3.63) is 11.6 Å². The van der Waals surface area contributed by atoms with E-state index in [1.54, 1.807) is 7.05 Å². The molecule has 0 unspecified atom stereocenters. The van der Waals surface area contributed by atoms with E-state index in [0.717, 1.165) is 11.1 Å². The van der Waals surface area contributed by atoms with Gasteiger partial charge in [-0.25, -0.2) is 0 Å². The fraction of sp³-hybridized carbons (Fsp3) is 0.429. The van der Waals surface area contributed by atoms with Crippen molar-refractivity contribution in [3.63, 3.8) is 0 Å². The van der Waals surface area contributed by atoms with Crippen LogP contribution in [0.4, 0.5) is 0 Å². The third-order valence-corrected chi connectivity index (χ3v) is 1.10. The first kappa shape index (κ1) is 9.41. The van der Waals surface area contributed by atoms with Gasteiger partial charge in [0.1, 0.15) is 0 Å². The zero-order chi connectivity index (χ0) is 8.15. The summed E-state index contributed by atoms with van der Waals surface area (Å²) in [5, 5.41) is 1.02. The molecule has 0 heterocycles. The normalized spacial score (nSPS) is 10.8. The van der Waals surface area contributed by atoms with Gasteiger partial charge in [-0.05, 0) is 0 Å². The van der Waals surface area contributed by atoms with Crippen LogP contribution in [0.5, 0.6) is 0 Å². The second kappa shape index (κ2) is 4.26. The van der Waals surface area contributed by atoms with E-state index in [-0.39, 0.29) is 0 Å². The van der Waals surface area contributed by atoms with Crippen LogP contribution in [0.25, 0.3) is 0 Å². The molecule has 0 aromatic heterocycles. The molecule has 0 saturated carbocycles. The predicted octanol–water partition coefficient (Wildman–Crippen LogP) is -0.313. The number of nitrogens with zero attached hydrogens (tertiary/aromatic N) is 1. The van der Waals surface area contributed by atoms with E-state index < -0.39 is 0 Å². The van der Waals surface area contributed by atoms with Gasteiger partial charge in [-0.15, -0.1) is 0 Å². The topological polar surface area (TPSA) is 12.4 Å². The molecule has 0 saturated heterocycles. The van der Waals surface area contributed by atoms with E-state index in [1.165, 1.54) is 5.57 Å². The molecule has 0 bridgehead atoms. The average Bonchev–Trinajstić information content (AvgIpc) is 1.81. The van der Waals surface area contributed by atoms with Gasteiger partial charge in [-0.3, -0.25) is 0 Å². The molecule has 3 heteroatoms. The standard InChI is InChI=1S/C7H13B2N/c1-5(2)4-6(10-3)7(8)9/h4,8H,9H2,1-3H3/b10-6+. The maximum atomic E-state index is 4.07. The molecule has 52 valence electrons. The van der Waals surface area contributed by atoms with Crippen LogP contribution in [0, 0.1) is 0 Å². The number of allylic oxidation sites excluding steroid dienone is 2. The Bertz CT molecular complexity index is 188. The molecule has 0 rings (SSSR count). The van der Waals surface area contributed by atoms with Crippen LogP contribution in [0.1, 0.15) is 13.8 Å². The van der Waals surface area contributed by atoms with E-state index in [2.05, 4.69) is 12.5 Å². The van der Waals surface area contributed by atoms with E-state index in [1.807, 2.05) is 27.8 Å². The Morgan fingerprint density at radius 1 is 1.50 bits per heavy atom. The van der Waals surface area contributed by atoms with Crippen LogP contribution < -0.4 is 0 Å². The predicted molar refractivity (Wildman–Crippen MR) is 53.5 cm³/mol. The fourth-order valence-corrected chi connectivity index (χ4v) is 0.652. The third-order valence-electron chi connectivity index (χ3n) is 1.10. The van der Waals surface area contributed by atoms with Crippen molar-refractivity contribution in [1.82, 2.24) is 0 Å². The van der Waals surface area contributed by atoms with Gasteiger partial charge in [0.2, 0.25) is 0 Å². The molecule has 0 radical (unpaired) electrons. The van der Waals surface area contributed by atoms with E-state index in [9.17, 15) is 0 Å². The van der Waals surface area contributed by atoms with Crippen molar-refractivity contribution < 1.29 is 0 Å². The van der Waals surface area contributed by atoms with Crippen molar-refractivity contribution in [3.8, 4) is 0 Å². The van der Waals surface area contributed by atoms with Crippen molar-refractivity contribution >= 4 is 26.4 Å². The number of aliphatic imine (C=N–C) groups is 1. The summed E-state index contributed by atoms with van der Waals surface area (Å²) in [6.07, 6.45) is 2.03. The van der Waals surface area contributed by atoms with Crippen LogP contribution in [0.3, 0.4) is 0 Å². The summed E-state index contributed by atoms with van der Waals surface area (Å²) in [5.41, 5.74) is 2.24. The summed E-state index contributed by atoms with van der Waals surface area (Å²) >= 11 is 0. The summed E-state index contributed by atoms with van der Waals surface area (Å²) in [7, 11) is 7.55. The van der Waals surface area contributed by atoms with Gasteiger partial charge < -0.3 is 0 Å². The Morgan fingerprint density at radius 2 is 2.00 bits per heavy atom. The van der Waals surface area contributed by atoms with Crippen LogP contribution in [0.2, 0.25) is 0 Å². The first-order valence-electron chi connectivity index (χ1n) is 3.35. The SMILES string of the molecule is B=C(B)/C(C=C(C)C)=N/C. The molecule has 0 aliphatic carbocycles. The molecule has 0 aromatic carbocycles. The summed E-state index contributed by atoms with van der Waals surface area (Å²) < 4.78 is 0.